The second-order valence-electron chi connectivity index (χ2n) is 8.22. The first-order chi connectivity index (χ1) is 15.0. The first-order valence-electron chi connectivity index (χ1n) is 10.5. The summed E-state index contributed by atoms with van der Waals surface area (Å²) in [5.74, 6) is 0.611. The van der Waals surface area contributed by atoms with Crippen molar-refractivity contribution in [3.8, 4) is 17.2 Å². The minimum absolute atomic E-state index is 0.0830. The second kappa shape index (κ2) is 7.34. The summed E-state index contributed by atoms with van der Waals surface area (Å²) in [4.78, 5) is 12.4. The summed E-state index contributed by atoms with van der Waals surface area (Å²) in [5.41, 5.74) is 7.99. The lowest BCUT2D eigenvalue weighted by atomic mass is 9.87. The van der Waals surface area contributed by atoms with Gasteiger partial charge >= 0.3 is 5.63 Å². The Kier molecular flexibility index (Phi) is 4.61. The quantitative estimate of drug-likeness (QED) is 0.556. The highest BCUT2D eigenvalue weighted by atomic mass is 16.5. The zero-order valence-electron chi connectivity index (χ0n) is 17.5. The van der Waals surface area contributed by atoms with Crippen molar-refractivity contribution in [1.82, 2.24) is 5.43 Å². The van der Waals surface area contributed by atoms with Gasteiger partial charge in [0.15, 0.2) is 11.5 Å². The van der Waals surface area contributed by atoms with E-state index in [-0.39, 0.29) is 23.2 Å². The number of phenolic OH excluding ortho intramolecular Hbond substituents is 2. The number of hydrogen-bond acceptors (Lipinski definition) is 7. The molecule has 2 aromatic carbocycles. The van der Waals surface area contributed by atoms with E-state index in [1.165, 1.54) is 7.11 Å². The number of hydrogen-bond donors (Lipinski definition) is 3. The number of aryl methyl sites for hydroxylation is 2. The Balaban J connectivity index is 1.57. The topological polar surface area (TPSA) is 104 Å². The van der Waals surface area contributed by atoms with Crippen molar-refractivity contribution in [2.24, 2.45) is 5.10 Å². The molecule has 1 aromatic heterocycles. The van der Waals surface area contributed by atoms with Crippen molar-refractivity contribution in [2.45, 2.75) is 45.1 Å². The number of nitrogens with zero attached hydrogens (tertiary/aromatic N) is 1. The summed E-state index contributed by atoms with van der Waals surface area (Å²) >= 11 is 0. The predicted octanol–water partition coefficient (Wildman–Crippen LogP) is 3.84. The SMILES string of the molecule is COc1cc([C@H]2CC(c3c(C)cc4oc(=O)c5c(c4c3O)CCCC5)=NN2)ccc1O. The monoisotopic (exact) mass is 420 g/mol. The van der Waals surface area contributed by atoms with Crippen LogP contribution in [0.4, 0.5) is 0 Å². The van der Waals surface area contributed by atoms with Gasteiger partial charge in [-0.25, -0.2) is 4.79 Å². The summed E-state index contributed by atoms with van der Waals surface area (Å²) in [7, 11) is 1.51. The van der Waals surface area contributed by atoms with E-state index in [0.717, 1.165) is 41.7 Å². The number of fused-ring (bicyclic) bond motifs is 3. The molecular formula is C24H24N2O5. The maximum absolute atomic E-state index is 12.4. The van der Waals surface area contributed by atoms with Gasteiger partial charge in [-0.15, -0.1) is 0 Å². The van der Waals surface area contributed by atoms with Crippen LogP contribution in [0, 0.1) is 6.92 Å². The van der Waals surface area contributed by atoms with E-state index in [1.807, 2.05) is 19.1 Å². The first-order valence-corrected chi connectivity index (χ1v) is 10.5. The average molecular weight is 420 g/mol. The van der Waals surface area contributed by atoms with Gasteiger partial charge < -0.3 is 24.8 Å². The van der Waals surface area contributed by atoms with Crippen molar-refractivity contribution in [3.05, 3.63) is 62.5 Å². The highest BCUT2D eigenvalue weighted by Gasteiger charge is 2.28. The van der Waals surface area contributed by atoms with Crippen LogP contribution in [0.3, 0.4) is 0 Å². The van der Waals surface area contributed by atoms with Crippen LogP contribution in [0.25, 0.3) is 11.0 Å². The van der Waals surface area contributed by atoms with Crippen LogP contribution in [-0.2, 0) is 12.8 Å². The molecule has 0 spiro atoms. The van der Waals surface area contributed by atoms with Gasteiger partial charge in [-0.2, -0.15) is 5.10 Å². The molecule has 0 fully saturated rings. The Bertz CT molecular complexity index is 1290. The highest BCUT2D eigenvalue weighted by Crippen LogP contribution is 2.40. The molecule has 1 aliphatic heterocycles. The third kappa shape index (κ3) is 3.12. The number of methoxy groups -OCH3 is 1. The molecule has 7 nitrogen and oxygen atoms in total. The van der Waals surface area contributed by atoms with Crippen molar-refractivity contribution in [2.75, 3.05) is 7.11 Å². The number of rotatable bonds is 3. The van der Waals surface area contributed by atoms with E-state index in [2.05, 4.69) is 10.5 Å². The van der Waals surface area contributed by atoms with Crippen LogP contribution >= 0.6 is 0 Å². The smallest absolute Gasteiger partial charge is 0.339 e. The zero-order valence-corrected chi connectivity index (χ0v) is 17.5. The van der Waals surface area contributed by atoms with Gasteiger partial charge in [0.2, 0.25) is 0 Å². The van der Waals surface area contributed by atoms with E-state index in [9.17, 15) is 15.0 Å². The molecule has 160 valence electrons. The van der Waals surface area contributed by atoms with E-state index >= 15 is 0 Å². The Morgan fingerprint density at radius 3 is 2.71 bits per heavy atom. The molecular weight excluding hydrogens is 396 g/mol. The molecule has 0 radical (unpaired) electrons. The summed E-state index contributed by atoms with van der Waals surface area (Å²) in [5, 5.41) is 26.3. The van der Waals surface area contributed by atoms with Gasteiger partial charge in [0.05, 0.1) is 24.2 Å². The normalized spacial score (nSPS) is 17.9. The van der Waals surface area contributed by atoms with Crippen LogP contribution in [0.15, 0.2) is 38.6 Å². The molecule has 7 heteroatoms. The van der Waals surface area contributed by atoms with Gasteiger partial charge in [0.1, 0.15) is 11.3 Å². The Hall–Kier alpha value is -3.48. The van der Waals surface area contributed by atoms with Crippen LogP contribution in [0.1, 0.15) is 53.1 Å². The van der Waals surface area contributed by atoms with Gasteiger partial charge in [0, 0.05) is 17.5 Å². The maximum atomic E-state index is 12.4. The highest BCUT2D eigenvalue weighted by molar-refractivity contribution is 6.09. The van der Waals surface area contributed by atoms with Gasteiger partial charge in [0.25, 0.3) is 0 Å². The standard InChI is InChI=1S/C24H24N2O5/c1-12-9-20-22(14-5-3-4-6-15(14)24(29)31-20)23(28)21(12)17-11-16(25-26-17)13-7-8-18(27)19(10-13)30-2/h7-10,16,25,27-28H,3-6,11H2,1-2H3/t16-/m1/s1. The molecule has 3 N–H and O–H groups in total. The molecule has 0 bridgehead atoms. The molecule has 31 heavy (non-hydrogen) atoms. The third-order valence-corrected chi connectivity index (χ3v) is 6.33. The van der Waals surface area contributed by atoms with Crippen molar-refractivity contribution in [3.63, 3.8) is 0 Å². The number of aromatic hydroxyl groups is 2. The van der Waals surface area contributed by atoms with E-state index in [0.29, 0.717) is 40.7 Å². The second-order valence-corrected chi connectivity index (χ2v) is 8.22. The Morgan fingerprint density at radius 1 is 1.16 bits per heavy atom. The van der Waals surface area contributed by atoms with Gasteiger partial charge in [-0.05, 0) is 67.5 Å². The van der Waals surface area contributed by atoms with E-state index in [1.54, 1.807) is 12.1 Å². The fourth-order valence-electron chi connectivity index (χ4n) is 4.78. The lowest BCUT2D eigenvalue weighted by Gasteiger charge is -2.19. The molecule has 0 saturated carbocycles. The Morgan fingerprint density at radius 2 is 1.94 bits per heavy atom. The lowest BCUT2D eigenvalue weighted by Crippen LogP contribution is -2.16. The summed E-state index contributed by atoms with van der Waals surface area (Å²) in [6.07, 6.45) is 3.95. The summed E-state index contributed by atoms with van der Waals surface area (Å²) in [6, 6.07) is 6.91. The maximum Gasteiger partial charge on any atom is 0.339 e. The van der Waals surface area contributed by atoms with Crippen LogP contribution < -0.4 is 15.8 Å². The van der Waals surface area contributed by atoms with E-state index < -0.39 is 0 Å². The molecule has 1 aliphatic carbocycles. The average Bonchev–Trinajstić information content (AvgIpc) is 3.23. The Labute approximate surface area is 179 Å². The first kappa shape index (κ1) is 19.5. The van der Waals surface area contributed by atoms with Crippen LogP contribution in [0.2, 0.25) is 0 Å². The number of ether oxygens (including phenoxy) is 1. The number of hydrazone groups is 1. The summed E-state index contributed by atoms with van der Waals surface area (Å²) < 4.78 is 10.8. The van der Waals surface area contributed by atoms with Crippen molar-refractivity contribution >= 4 is 16.7 Å². The summed E-state index contributed by atoms with van der Waals surface area (Å²) in [6.45, 7) is 1.88. The molecule has 0 saturated heterocycles. The molecule has 0 unspecified atom stereocenters. The molecule has 5 rings (SSSR count). The predicted molar refractivity (Wildman–Crippen MR) is 117 cm³/mol. The largest absolute Gasteiger partial charge is 0.506 e. The van der Waals surface area contributed by atoms with Gasteiger partial charge in [-0.1, -0.05) is 6.07 Å². The molecule has 0 amide bonds. The van der Waals surface area contributed by atoms with E-state index in [4.69, 9.17) is 9.15 Å². The number of benzene rings is 2. The van der Waals surface area contributed by atoms with Crippen LogP contribution in [-0.4, -0.2) is 23.0 Å². The molecule has 2 heterocycles. The lowest BCUT2D eigenvalue weighted by molar-refractivity contribution is 0.372. The van der Waals surface area contributed by atoms with Crippen LogP contribution in [0.5, 0.6) is 17.2 Å². The fraction of sp³-hybridized carbons (Fsp3) is 0.333. The number of nitrogens with one attached hydrogen (secondary N) is 1. The van der Waals surface area contributed by atoms with Crippen molar-refractivity contribution < 1.29 is 19.4 Å². The molecule has 1 atom stereocenters. The minimum atomic E-state index is -0.296. The third-order valence-electron chi connectivity index (χ3n) is 6.33. The number of phenols is 2. The van der Waals surface area contributed by atoms with Crippen molar-refractivity contribution in [1.29, 1.82) is 0 Å². The molecule has 3 aromatic rings. The minimum Gasteiger partial charge on any atom is -0.506 e. The van der Waals surface area contributed by atoms with Gasteiger partial charge in [-0.3, -0.25) is 0 Å². The fourth-order valence-corrected chi connectivity index (χ4v) is 4.78. The molecule has 2 aliphatic rings. The zero-order chi connectivity index (χ0) is 21.7.